The van der Waals surface area contributed by atoms with Crippen LogP contribution in [0.1, 0.15) is 10.4 Å². The SMILES string of the molecule is CNCC(=O)c1cccc(OC)c1S(C)(=O)=O. The predicted octanol–water partition coefficient (Wildman–Crippen LogP) is 0.501. The monoisotopic (exact) mass is 257 g/mol. The first-order chi connectivity index (χ1) is 7.91. The van der Waals surface area contributed by atoms with Crippen LogP contribution in [0.3, 0.4) is 0 Å². The molecule has 0 radical (unpaired) electrons. The van der Waals surface area contributed by atoms with Crippen molar-refractivity contribution in [2.75, 3.05) is 27.0 Å². The first-order valence-corrected chi connectivity index (χ1v) is 6.85. The van der Waals surface area contributed by atoms with E-state index in [1.54, 1.807) is 13.1 Å². The Hall–Kier alpha value is -1.40. The van der Waals surface area contributed by atoms with E-state index in [0.717, 1.165) is 6.26 Å². The van der Waals surface area contributed by atoms with Crippen molar-refractivity contribution < 1.29 is 17.9 Å². The van der Waals surface area contributed by atoms with Crippen molar-refractivity contribution in [2.24, 2.45) is 0 Å². The van der Waals surface area contributed by atoms with Crippen molar-refractivity contribution in [2.45, 2.75) is 4.90 Å². The predicted molar refractivity (Wildman–Crippen MR) is 64.4 cm³/mol. The minimum atomic E-state index is -3.51. The molecule has 1 aromatic carbocycles. The first kappa shape index (κ1) is 13.7. The number of hydrogen-bond donors (Lipinski definition) is 1. The van der Waals surface area contributed by atoms with Gasteiger partial charge in [0.1, 0.15) is 10.6 Å². The van der Waals surface area contributed by atoms with E-state index in [9.17, 15) is 13.2 Å². The fourth-order valence-electron chi connectivity index (χ4n) is 1.53. The van der Waals surface area contributed by atoms with Crippen molar-refractivity contribution in [3.8, 4) is 5.75 Å². The quantitative estimate of drug-likeness (QED) is 0.778. The van der Waals surface area contributed by atoms with Gasteiger partial charge in [-0.15, -0.1) is 0 Å². The number of likely N-dealkylation sites (N-methyl/N-ethyl adjacent to an activating group) is 1. The fraction of sp³-hybridized carbons (Fsp3) is 0.364. The molecule has 94 valence electrons. The van der Waals surface area contributed by atoms with Gasteiger partial charge in [0.05, 0.1) is 13.7 Å². The van der Waals surface area contributed by atoms with Crippen LogP contribution in [0, 0.1) is 0 Å². The molecule has 0 bridgehead atoms. The largest absolute Gasteiger partial charge is 0.495 e. The maximum absolute atomic E-state index is 11.8. The van der Waals surface area contributed by atoms with Gasteiger partial charge in [-0.25, -0.2) is 8.42 Å². The normalized spacial score (nSPS) is 11.2. The van der Waals surface area contributed by atoms with Crippen molar-refractivity contribution >= 4 is 15.6 Å². The summed E-state index contributed by atoms with van der Waals surface area (Å²) in [7, 11) is -0.519. The summed E-state index contributed by atoms with van der Waals surface area (Å²) < 4.78 is 28.4. The van der Waals surface area contributed by atoms with Gasteiger partial charge in [0.15, 0.2) is 15.6 Å². The lowest BCUT2D eigenvalue weighted by Gasteiger charge is -2.11. The molecule has 0 fully saturated rings. The topological polar surface area (TPSA) is 72.5 Å². The molecule has 1 rings (SSSR count). The molecule has 0 aliphatic carbocycles. The van der Waals surface area contributed by atoms with Crippen LogP contribution in [0.4, 0.5) is 0 Å². The molecule has 17 heavy (non-hydrogen) atoms. The summed E-state index contributed by atoms with van der Waals surface area (Å²) in [6, 6.07) is 4.60. The Morgan fingerprint density at radius 2 is 2.06 bits per heavy atom. The Morgan fingerprint density at radius 1 is 1.41 bits per heavy atom. The average Bonchev–Trinajstić information content (AvgIpc) is 2.27. The summed E-state index contributed by atoms with van der Waals surface area (Å²) in [6.45, 7) is 0.0791. The second-order valence-corrected chi connectivity index (χ2v) is 5.52. The maximum Gasteiger partial charge on any atom is 0.179 e. The maximum atomic E-state index is 11.8. The molecule has 0 saturated heterocycles. The molecule has 0 amide bonds. The van der Waals surface area contributed by atoms with Crippen molar-refractivity contribution in [3.05, 3.63) is 23.8 Å². The van der Waals surface area contributed by atoms with Gasteiger partial charge < -0.3 is 10.1 Å². The molecule has 0 unspecified atom stereocenters. The van der Waals surface area contributed by atoms with E-state index >= 15 is 0 Å². The van der Waals surface area contributed by atoms with Gasteiger partial charge in [-0.3, -0.25) is 4.79 Å². The smallest absolute Gasteiger partial charge is 0.179 e. The van der Waals surface area contributed by atoms with Crippen LogP contribution in [-0.4, -0.2) is 41.2 Å². The third-order valence-electron chi connectivity index (χ3n) is 2.21. The van der Waals surface area contributed by atoms with Gasteiger partial charge >= 0.3 is 0 Å². The summed E-state index contributed by atoms with van der Waals surface area (Å²) in [4.78, 5) is 11.7. The Labute approximate surface area is 101 Å². The number of methoxy groups -OCH3 is 1. The second-order valence-electron chi connectivity index (χ2n) is 3.56. The molecule has 1 N–H and O–H groups in total. The summed E-state index contributed by atoms with van der Waals surface area (Å²) in [5.74, 6) is -0.0960. The summed E-state index contributed by atoms with van der Waals surface area (Å²) in [5, 5.41) is 2.70. The molecule has 0 atom stereocenters. The molecule has 0 aromatic heterocycles. The number of hydrogen-bond acceptors (Lipinski definition) is 5. The number of sulfone groups is 1. The lowest BCUT2D eigenvalue weighted by molar-refractivity contribution is 0.0990. The summed E-state index contributed by atoms with van der Waals surface area (Å²) >= 11 is 0. The Kier molecular flexibility index (Phi) is 4.25. The third-order valence-corrected chi connectivity index (χ3v) is 3.37. The van der Waals surface area contributed by atoms with Crippen LogP contribution in [-0.2, 0) is 9.84 Å². The Morgan fingerprint density at radius 3 is 2.53 bits per heavy atom. The molecular formula is C11H15NO4S. The summed E-state index contributed by atoms with van der Waals surface area (Å²) in [6.07, 6.45) is 1.06. The highest BCUT2D eigenvalue weighted by Gasteiger charge is 2.22. The van der Waals surface area contributed by atoms with E-state index in [-0.39, 0.29) is 28.5 Å². The average molecular weight is 257 g/mol. The van der Waals surface area contributed by atoms with Gasteiger partial charge in [0.25, 0.3) is 0 Å². The summed E-state index contributed by atoms with van der Waals surface area (Å²) in [5.41, 5.74) is 0.154. The minimum absolute atomic E-state index is 0.0530. The molecular weight excluding hydrogens is 242 g/mol. The third kappa shape index (κ3) is 3.04. The van der Waals surface area contributed by atoms with E-state index in [1.807, 2.05) is 0 Å². The number of ether oxygens (including phenoxy) is 1. The molecule has 0 aliphatic rings. The van der Waals surface area contributed by atoms with Gasteiger partial charge in [0.2, 0.25) is 0 Å². The number of carbonyl (C=O) groups is 1. The molecule has 1 aromatic rings. The number of carbonyl (C=O) groups excluding carboxylic acids is 1. The van der Waals surface area contributed by atoms with Gasteiger partial charge in [-0.1, -0.05) is 6.07 Å². The van der Waals surface area contributed by atoms with Crippen molar-refractivity contribution in [1.29, 1.82) is 0 Å². The van der Waals surface area contributed by atoms with E-state index in [4.69, 9.17) is 4.74 Å². The fourth-order valence-corrected chi connectivity index (χ4v) is 2.63. The highest BCUT2D eigenvalue weighted by Crippen LogP contribution is 2.27. The zero-order chi connectivity index (χ0) is 13.1. The molecule has 0 saturated carbocycles. The molecule has 0 aliphatic heterocycles. The van der Waals surface area contributed by atoms with E-state index in [2.05, 4.69) is 5.32 Å². The van der Waals surface area contributed by atoms with Crippen LogP contribution < -0.4 is 10.1 Å². The Balaban J connectivity index is 3.46. The van der Waals surface area contributed by atoms with Gasteiger partial charge in [0, 0.05) is 11.8 Å². The van der Waals surface area contributed by atoms with Gasteiger partial charge in [-0.2, -0.15) is 0 Å². The van der Waals surface area contributed by atoms with Crippen LogP contribution in [0.15, 0.2) is 23.1 Å². The lowest BCUT2D eigenvalue weighted by Crippen LogP contribution is -2.21. The molecule has 0 heterocycles. The lowest BCUT2D eigenvalue weighted by atomic mass is 10.1. The van der Waals surface area contributed by atoms with Gasteiger partial charge in [-0.05, 0) is 19.2 Å². The number of rotatable bonds is 5. The highest BCUT2D eigenvalue weighted by atomic mass is 32.2. The van der Waals surface area contributed by atoms with Crippen LogP contribution >= 0.6 is 0 Å². The second kappa shape index (κ2) is 5.29. The number of benzene rings is 1. The Bertz CT molecular complexity index is 522. The van der Waals surface area contributed by atoms with Crippen LogP contribution in [0.5, 0.6) is 5.75 Å². The van der Waals surface area contributed by atoms with E-state index < -0.39 is 9.84 Å². The highest BCUT2D eigenvalue weighted by molar-refractivity contribution is 7.90. The first-order valence-electron chi connectivity index (χ1n) is 4.96. The number of ketones is 1. The molecule has 5 nitrogen and oxygen atoms in total. The number of Topliss-reactive ketones (excluding diaryl/α,β-unsaturated/α-hetero) is 1. The van der Waals surface area contributed by atoms with Crippen LogP contribution in [0.2, 0.25) is 0 Å². The zero-order valence-corrected chi connectivity index (χ0v) is 10.8. The van der Waals surface area contributed by atoms with Crippen LogP contribution in [0.25, 0.3) is 0 Å². The van der Waals surface area contributed by atoms with E-state index in [1.165, 1.54) is 19.2 Å². The zero-order valence-electron chi connectivity index (χ0n) is 9.98. The van der Waals surface area contributed by atoms with Crippen molar-refractivity contribution in [1.82, 2.24) is 5.32 Å². The minimum Gasteiger partial charge on any atom is -0.495 e. The standard InChI is InChI=1S/C11H15NO4S/c1-12-7-9(13)8-5-4-6-10(16-2)11(8)17(3,14)15/h4-6,12H,7H2,1-3H3. The molecule has 0 spiro atoms. The van der Waals surface area contributed by atoms with E-state index in [0.29, 0.717) is 0 Å². The molecule has 6 heteroatoms. The number of nitrogens with one attached hydrogen (secondary N) is 1. The van der Waals surface area contributed by atoms with Crippen molar-refractivity contribution in [3.63, 3.8) is 0 Å².